The van der Waals surface area contributed by atoms with E-state index in [-0.39, 0.29) is 31.4 Å². The first kappa shape index (κ1) is 89.0. The number of hydrogen-bond donors (Lipinski definition) is 19. The van der Waals surface area contributed by atoms with E-state index in [0.29, 0.717) is 33.0 Å². The number of aliphatic hydroxyl groups excluding tert-OH is 12. The fraction of sp³-hybridized carbons (Fsp3) is 0.731. The first-order valence-corrected chi connectivity index (χ1v) is 33.2. The summed E-state index contributed by atoms with van der Waals surface area (Å²) in [5.41, 5.74) is 14.0. The van der Waals surface area contributed by atoms with Crippen LogP contribution in [0, 0.1) is 0 Å². The van der Waals surface area contributed by atoms with Gasteiger partial charge in [0, 0.05) is 52.5 Å². The van der Waals surface area contributed by atoms with Crippen molar-refractivity contribution in [1.82, 2.24) is 35.1 Å². The van der Waals surface area contributed by atoms with E-state index in [0.717, 1.165) is 27.6 Å². The van der Waals surface area contributed by atoms with Crippen LogP contribution in [0.1, 0.15) is 38.1 Å². The van der Waals surface area contributed by atoms with Gasteiger partial charge >= 0.3 is 17.3 Å². The number of aliphatic carboxylic acids is 3. The number of carboxylic acids is 3. The fourth-order valence-electron chi connectivity index (χ4n) is 9.78. The Morgan fingerprint density at radius 1 is 0.631 bits per heavy atom. The molecule has 2 aromatic rings. The van der Waals surface area contributed by atoms with Crippen LogP contribution in [0.3, 0.4) is 0 Å². The van der Waals surface area contributed by atoms with Crippen molar-refractivity contribution in [2.24, 2.45) is 5.73 Å². The smallest absolute Gasteiger partial charge is 0.351 e. The van der Waals surface area contributed by atoms with E-state index in [1.165, 1.54) is 13.2 Å². The third kappa shape index (κ3) is 25.7. The van der Waals surface area contributed by atoms with Crippen LogP contribution in [-0.4, -0.2) is 324 Å². The minimum atomic E-state index is -5.92. The number of carbonyl (C=O) groups is 6. The lowest BCUT2D eigenvalue weighted by Gasteiger charge is -2.50. The number of nitrogens with two attached hydrogens (primary N) is 3. The third-order valence-electron chi connectivity index (χ3n) is 14.8. The molecule has 51 heteroatoms. The van der Waals surface area contributed by atoms with Gasteiger partial charge in [0.25, 0.3) is 15.6 Å². The molecule has 0 saturated carbocycles. The predicted octanol–water partition coefficient (Wildman–Crippen LogP) is -16.3. The Bertz CT molecular complexity index is 3310. The van der Waals surface area contributed by atoms with Gasteiger partial charge in [-0.2, -0.15) is 9.97 Å². The molecule has 4 aliphatic heterocycles. The summed E-state index contributed by atoms with van der Waals surface area (Å²) < 4.78 is 86.2. The molecule has 22 atom stereocenters. The largest absolute Gasteiger partial charge is 0.756 e. The van der Waals surface area contributed by atoms with E-state index < -0.39 is 236 Å². The highest BCUT2D eigenvalue weighted by Crippen LogP contribution is 2.50. The van der Waals surface area contributed by atoms with Gasteiger partial charge in [0.1, 0.15) is 110 Å². The number of methoxy groups -OCH3 is 2. The second-order valence-corrected chi connectivity index (χ2v) is 25.1. The summed E-state index contributed by atoms with van der Waals surface area (Å²) in [6, 6.07) is -1.38. The van der Waals surface area contributed by atoms with Gasteiger partial charge in [0.2, 0.25) is 29.3 Å². The molecule has 2 aromatic heterocycles. The maximum absolute atomic E-state index is 12.9. The van der Waals surface area contributed by atoms with Gasteiger partial charge in [0.15, 0.2) is 12.5 Å². The second-order valence-electron chi connectivity index (χ2n) is 22.4. The fourth-order valence-corrected chi connectivity index (χ4v) is 11.7. The van der Waals surface area contributed by atoms with Crippen LogP contribution < -0.4 is 64.5 Å². The monoisotopic (exact) mass is 1530 g/mol. The number of phosphoric acid groups is 2. The van der Waals surface area contributed by atoms with E-state index >= 15 is 0 Å². The highest BCUT2D eigenvalue weighted by Gasteiger charge is 2.57. The van der Waals surface area contributed by atoms with Crippen LogP contribution in [0.2, 0.25) is 0 Å². The Morgan fingerprint density at radius 2 is 1.02 bits per heavy atom. The number of anilines is 2. The van der Waals surface area contributed by atoms with Crippen molar-refractivity contribution < 1.29 is 180 Å². The normalized spacial score (nSPS) is 29.9. The summed E-state index contributed by atoms with van der Waals surface area (Å²) in [5, 5.41) is 162. The van der Waals surface area contributed by atoms with Crippen molar-refractivity contribution >= 4 is 62.9 Å². The molecule has 6 heterocycles. The molecule has 4 saturated heterocycles. The van der Waals surface area contributed by atoms with E-state index in [4.69, 9.17) is 60.2 Å². The number of carboxylic acid groups (broad SMARTS) is 3. The summed E-state index contributed by atoms with van der Waals surface area (Å²) in [4.78, 5) is 129. The zero-order valence-corrected chi connectivity index (χ0v) is 56.1. The molecular weight excluding hydrogens is 1450 g/mol. The van der Waals surface area contributed by atoms with Gasteiger partial charge in [-0.05, 0) is 12.1 Å². The van der Waals surface area contributed by atoms with Crippen LogP contribution in [0.25, 0.3) is 0 Å². The van der Waals surface area contributed by atoms with Crippen molar-refractivity contribution in [1.29, 1.82) is 0 Å². The van der Waals surface area contributed by atoms with Crippen LogP contribution in [-0.2, 0) is 93.9 Å². The van der Waals surface area contributed by atoms with Gasteiger partial charge in [-0.3, -0.25) is 46.5 Å². The lowest BCUT2D eigenvalue weighted by Crippen LogP contribution is -2.69. The van der Waals surface area contributed by atoms with E-state index in [2.05, 4.69) is 38.7 Å². The number of nitrogens with zero attached hydrogens (tertiary/aromatic N) is 4. The van der Waals surface area contributed by atoms with Crippen molar-refractivity contribution in [3.05, 3.63) is 45.5 Å². The Balaban J connectivity index is 0.000000397. The number of carbonyl (C=O) groups excluding carboxylic acids is 5. The molecular formula is C52H82N10O39P2-4. The Kier molecular flexibility index (Phi) is 35.3. The molecule has 0 spiro atoms. The van der Waals surface area contributed by atoms with E-state index in [1.807, 2.05) is 5.32 Å². The quantitative estimate of drug-likeness (QED) is 0.0170. The Labute approximate surface area is 580 Å². The summed E-state index contributed by atoms with van der Waals surface area (Å²) in [7, 11) is -8.71. The lowest BCUT2D eigenvalue weighted by atomic mass is 9.88. The third-order valence-corrected chi connectivity index (χ3v) is 16.8. The Hall–Kier alpha value is -6.44. The number of ether oxygens (including phenoxy) is 8. The summed E-state index contributed by atoms with van der Waals surface area (Å²) in [6.07, 6.45) is -34.2. The molecule has 6 rings (SSSR count). The standard InChI is InChI=1S/C26H42N5O19P.C21H31N4O18P.C5H13NO2/c1-45-6-7-46-5-3-28-16(35)8-17(36)30-18-12(33)9-26(24(40)41,49-22(18)19(37)13(34)10-32)50-51(43,44)47-11-14-20(38)21(39)23(48-14)31-4-2-15(27)29-25(31)42;22-10-1-2-25(20(37)23-10)18-16(34)15(33)9(41-18)6-40-44(38,39)43-21(19(35)36)4-7(27)13(24-11(29)3-12(30)31)17(42-21)14(32)8(28)5-26;1-7-4-5-8-3-2-6/h2,4,12-14,18-23,32-34,37-39H,3,5-11H2,1H3,(H,28,35)(H,30,36)(H,40,41)(H,43,44)(H2,27,29,42);1-2,7-9,13-18,26-28,32-34H,3-6H2,(H,24,29)(H,30,31)(H,35,36)(H,38,39)(H2,22,23,37);2-6H2,1H3/p-4/t12-,13-,14?,18-,19-,20-,21-,22?,23?,26-;7-,8-,9?,13-,14-,15-,16-,17?,18?,21-;/m11./s1. The van der Waals surface area contributed by atoms with Crippen LogP contribution in [0.4, 0.5) is 11.6 Å². The van der Waals surface area contributed by atoms with E-state index in [1.54, 1.807) is 7.11 Å². The molecule has 3 amide bonds. The summed E-state index contributed by atoms with van der Waals surface area (Å²) in [5.74, 6) is -17.1. The SMILES string of the molecule is COCCOCCN.COCCOCCNC(=O)CC(=O)N[C@H]1C([C@H](O)[C@H](O)CO)O[C@](OP(=O)([O-])OCC2OC(n3ccc(N)nc3=O)[C@H](O)[C@@H]2O)(C(=O)[O-])C[C@H]1O.Nc1ccn(C2OC(COP(=O)([O-])O[C@@]3(C(=O)[O-])C[C@@H](O)[C@@H](NC(=O)CC(=O)O)C([C@H](O)[C@H](O)CO)O3)[C@@H](O)[C@H]2O)c(=O)n1. The highest BCUT2D eigenvalue weighted by atomic mass is 31.2. The molecule has 0 aliphatic carbocycles. The number of rotatable bonds is 37. The number of phosphoric ester groups is 2. The van der Waals surface area contributed by atoms with Crippen molar-refractivity contribution in [3.63, 3.8) is 0 Å². The molecule has 0 bridgehead atoms. The molecule has 4 fully saturated rings. The first-order valence-electron chi connectivity index (χ1n) is 30.3. The van der Waals surface area contributed by atoms with Gasteiger partial charge in [-0.15, -0.1) is 0 Å². The molecule has 8 unspecified atom stereocenters. The van der Waals surface area contributed by atoms with Gasteiger partial charge < -0.3 is 176 Å². The van der Waals surface area contributed by atoms with Crippen LogP contribution in [0.15, 0.2) is 34.1 Å². The number of aromatic nitrogens is 4. The lowest BCUT2D eigenvalue weighted by molar-refractivity contribution is -0.377. The maximum Gasteiger partial charge on any atom is 0.351 e. The molecule has 0 aromatic carbocycles. The van der Waals surface area contributed by atoms with Crippen molar-refractivity contribution in [3.8, 4) is 0 Å². The highest BCUT2D eigenvalue weighted by molar-refractivity contribution is 7.46. The number of nitrogen functional groups attached to an aromatic ring is 2. The molecule has 49 nitrogen and oxygen atoms in total. The van der Waals surface area contributed by atoms with Crippen LogP contribution >= 0.6 is 15.6 Å². The summed E-state index contributed by atoms with van der Waals surface area (Å²) >= 11 is 0. The zero-order chi connectivity index (χ0) is 77.5. The topological polar surface area (TPSA) is 786 Å². The van der Waals surface area contributed by atoms with Crippen LogP contribution in [0.5, 0.6) is 0 Å². The van der Waals surface area contributed by atoms with Gasteiger partial charge in [-0.1, -0.05) is 0 Å². The number of hydrogen-bond acceptors (Lipinski definition) is 43. The van der Waals surface area contributed by atoms with Crippen molar-refractivity contribution in [2.75, 3.05) is 105 Å². The molecule has 588 valence electrons. The zero-order valence-electron chi connectivity index (χ0n) is 54.4. The van der Waals surface area contributed by atoms with Gasteiger partial charge in [-0.25, -0.2) is 9.59 Å². The minimum absolute atomic E-state index is 0.00487. The first-order chi connectivity index (χ1) is 48.3. The number of amides is 3. The second kappa shape index (κ2) is 40.9. The predicted molar refractivity (Wildman–Crippen MR) is 320 cm³/mol. The molecule has 0 radical (unpaired) electrons. The number of nitrogens with one attached hydrogen (secondary N) is 3. The molecule has 22 N–H and O–H groups in total. The number of aliphatic hydroxyl groups is 12. The minimum Gasteiger partial charge on any atom is -0.756 e. The molecule has 103 heavy (non-hydrogen) atoms. The van der Waals surface area contributed by atoms with E-state index in [9.17, 15) is 129 Å². The van der Waals surface area contributed by atoms with Crippen molar-refractivity contribution in [2.45, 2.75) is 147 Å². The summed E-state index contributed by atoms with van der Waals surface area (Å²) in [6.45, 7) is -1.48. The Morgan fingerprint density at radius 3 is 1.37 bits per heavy atom. The maximum atomic E-state index is 12.9. The van der Waals surface area contributed by atoms with Gasteiger partial charge in [0.05, 0.1) is 90.4 Å². The average molecular weight is 1530 g/mol. The average Bonchev–Trinajstić information content (AvgIpc) is 1.09. The molecule has 4 aliphatic rings.